The summed E-state index contributed by atoms with van der Waals surface area (Å²) in [5, 5.41) is 3.15. The molecule has 0 rings (SSSR count). The van der Waals surface area contributed by atoms with E-state index < -0.39 is 0 Å². The van der Waals surface area contributed by atoms with E-state index in [1.807, 2.05) is 0 Å². The second-order valence-electron chi connectivity index (χ2n) is 4.96. The second kappa shape index (κ2) is 9.24. The fourth-order valence-corrected chi connectivity index (χ4v) is 1.33. The molecule has 0 radical (unpaired) electrons. The Kier molecular flexibility index (Phi) is 8.80. The van der Waals surface area contributed by atoms with Gasteiger partial charge in [-0.2, -0.15) is 0 Å². The number of unbranched alkanes of at least 4 members (excludes halogenated alkanes) is 1. The van der Waals surface area contributed by atoms with E-state index in [0.717, 1.165) is 25.9 Å². The van der Waals surface area contributed by atoms with Crippen molar-refractivity contribution < 1.29 is 0 Å². The van der Waals surface area contributed by atoms with Gasteiger partial charge in [-0.05, 0) is 54.1 Å². The molecule has 5 heteroatoms. The predicted molar refractivity (Wildman–Crippen MR) is 74.9 cm³/mol. The molecule has 0 unspecified atom stereocenters. The Morgan fingerprint density at radius 2 is 1.88 bits per heavy atom. The first-order valence-corrected chi connectivity index (χ1v) is 6.45. The van der Waals surface area contributed by atoms with Gasteiger partial charge in [-0.1, -0.05) is 0 Å². The largest absolute Gasteiger partial charge is 0.353 e. The summed E-state index contributed by atoms with van der Waals surface area (Å²) < 4.78 is 0. The Hall–Kier alpha value is -0.810. The highest BCUT2D eigenvalue weighted by atomic mass is 15.3. The number of nitrogens with two attached hydrogens (primary N) is 1. The minimum Gasteiger partial charge on any atom is -0.353 e. The number of nitrogens with one attached hydrogen (secondary N) is 2. The van der Waals surface area contributed by atoms with E-state index in [4.69, 9.17) is 5.84 Å². The van der Waals surface area contributed by atoms with E-state index in [-0.39, 0.29) is 0 Å². The Morgan fingerprint density at radius 3 is 2.35 bits per heavy atom. The van der Waals surface area contributed by atoms with Crippen LogP contribution in [0.4, 0.5) is 0 Å². The Labute approximate surface area is 106 Å². The molecule has 102 valence electrons. The van der Waals surface area contributed by atoms with Crippen LogP contribution in [0.1, 0.15) is 40.5 Å². The summed E-state index contributed by atoms with van der Waals surface area (Å²) in [4.78, 5) is 6.72. The lowest BCUT2D eigenvalue weighted by molar-refractivity contribution is 0.269. The zero-order valence-corrected chi connectivity index (χ0v) is 12.0. The van der Waals surface area contributed by atoms with E-state index >= 15 is 0 Å². The SMILES string of the molecule is CC(C)NC(=NCCCCN(C)C(C)C)NN. The number of rotatable bonds is 7. The first-order valence-electron chi connectivity index (χ1n) is 6.45. The number of nitrogens with zero attached hydrogens (tertiary/aromatic N) is 2. The normalized spacial score (nSPS) is 12.6. The maximum Gasteiger partial charge on any atom is 0.205 e. The second-order valence-corrected chi connectivity index (χ2v) is 4.96. The number of hydrazine groups is 1. The van der Waals surface area contributed by atoms with Crippen molar-refractivity contribution in [3.8, 4) is 0 Å². The lowest BCUT2D eigenvalue weighted by atomic mass is 10.2. The van der Waals surface area contributed by atoms with E-state index in [9.17, 15) is 0 Å². The molecule has 0 spiro atoms. The van der Waals surface area contributed by atoms with Gasteiger partial charge in [0.05, 0.1) is 0 Å². The quantitative estimate of drug-likeness (QED) is 0.205. The third-order valence-electron chi connectivity index (χ3n) is 2.63. The molecule has 0 heterocycles. The van der Waals surface area contributed by atoms with Gasteiger partial charge in [0.1, 0.15) is 0 Å². The van der Waals surface area contributed by atoms with Gasteiger partial charge in [-0.25, -0.2) is 5.84 Å². The van der Waals surface area contributed by atoms with E-state index in [1.165, 1.54) is 0 Å². The molecule has 4 N–H and O–H groups in total. The summed E-state index contributed by atoms with van der Waals surface area (Å²) in [5.41, 5.74) is 2.58. The van der Waals surface area contributed by atoms with Crippen molar-refractivity contribution in [1.29, 1.82) is 0 Å². The highest BCUT2D eigenvalue weighted by Crippen LogP contribution is 1.98. The van der Waals surface area contributed by atoms with Gasteiger partial charge in [0, 0.05) is 18.6 Å². The third-order valence-corrected chi connectivity index (χ3v) is 2.63. The number of aliphatic imine (C=N–C) groups is 1. The van der Waals surface area contributed by atoms with Crippen LogP contribution in [0.3, 0.4) is 0 Å². The zero-order valence-electron chi connectivity index (χ0n) is 12.0. The first kappa shape index (κ1) is 16.2. The molecule has 5 nitrogen and oxygen atoms in total. The highest BCUT2D eigenvalue weighted by molar-refractivity contribution is 5.79. The molecule has 0 aromatic heterocycles. The Bertz CT molecular complexity index is 213. The maximum absolute atomic E-state index is 5.37. The predicted octanol–water partition coefficient (Wildman–Crippen LogP) is 0.924. The van der Waals surface area contributed by atoms with E-state index in [2.05, 4.69) is 55.4 Å². The zero-order chi connectivity index (χ0) is 13.3. The standard InChI is InChI=1S/C12H29N5/c1-10(2)15-12(16-13)14-8-6-7-9-17(5)11(3)4/h10-11H,6-9,13H2,1-5H3,(H2,14,15,16). The van der Waals surface area contributed by atoms with Crippen molar-refractivity contribution in [3.63, 3.8) is 0 Å². The highest BCUT2D eigenvalue weighted by Gasteiger charge is 2.02. The van der Waals surface area contributed by atoms with Crippen molar-refractivity contribution >= 4 is 5.96 Å². The summed E-state index contributed by atoms with van der Waals surface area (Å²) in [7, 11) is 2.15. The topological polar surface area (TPSA) is 65.7 Å². The molecule has 0 aromatic carbocycles. The van der Waals surface area contributed by atoms with Crippen molar-refractivity contribution in [2.24, 2.45) is 10.8 Å². The first-order chi connectivity index (χ1) is 7.97. The summed E-state index contributed by atoms with van der Waals surface area (Å²) in [6.45, 7) is 10.5. The molecule has 0 aliphatic rings. The van der Waals surface area contributed by atoms with Crippen molar-refractivity contribution in [3.05, 3.63) is 0 Å². The fourth-order valence-electron chi connectivity index (χ4n) is 1.33. The van der Waals surface area contributed by atoms with Gasteiger partial charge in [0.25, 0.3) is 0 Å². The van der Waals surface area contributed by atoms with Gasteiger partial charge in [-0.15, -0.1) is 0 Å². The van der Waals surface area contributed by atoms with Crippen LogP contribution >= 0.6 is 0 Å². The minimum absolute atomic E-state index is 0.344. The lowest BCUT2D eigenvalue weighted by Gasteiger charge is -2.20. The number of hydrogen-bond donors (Lipinski definition) is 3. The van der Waals surface area contributed by atoms with Crippen LogP contribution in [0, 0.1) is 0 Å². The van der Waals surface area contributed by atoms with Gasteiger partial charge < -0.3 is 10.2 Å². The summed E-state index contributed by atoms with van der Waals surface area (Å²) in [6.07, 6.45) is 2.25. The summed E-state index contributed by atoms with van der Waals surface area (Å²) >= 11 is 0. The van der Waals surface area contributed by atoms with E-state index in [1.54, 1.807) is 0 Å². The monoisotopic (exact) mass is 243 g/mol. The number of hydrogen-bond acceptors (Lipinski definition) is 3. The van der Waals surface area contributed by atoms with Crippen LogP contribution in [-0.2, 0) is 0 Å². The van der Waals surface area contributed by atoms with Crippen LogP contribution in [0.5, 0.6) is 0 Å². The molecule has 0 atom stereocenters. The Balaban J connectivity index is 3.70. The van der Waals surface area contributed by atoms with Crippen molar-refractivity contribution in [2.45, 2.75) is 52.6 Å². The molecule has 17 heavy (non-hydrogen) atoms. The van der Waals surface area contributed by atoms with Crippen LogP contribution in [0.25, 0.3) is 0 Å². The van der Waals surface area contributed by atoms with Crippen LogP contribution < -0.4 is 16.6 Å². The van der Waals surface area contributed by atoms with Gasteiger partial charge in [-0.3, -0.25) is 10.4 Å². The number of guanidine groups is 1. The van der Waals surface area contributed by atoms with Gasteiger partial charge in [0.15, 0.2) is 0 Å². The molecule has 0 aliphatic carbocycles. The average molecular weight is 243 g/mol. The van der Waals surface area contributed by atoms with Crippen molar-refractivity contribution in [2.75, 3.05) is 20.1 Å². The van der Waals surface area contributed by atoms with Crippen molar-refractivity contribution in [1.82, 2.24) is 15.6 Å². The lowest BCUT2D eigenvalue weighted by Crippen LogP contribution is -2.44. The summed E-state index contributed by atoms with van der Waals surface area (Å²) in [5.74, 6) is 6.05. The minimum atomic E-state index is 0.344. The smallest absolute Gasteiger partial charge is 0.205 e. The summed E-state index contributed by atoms with van der Waals surface area (Å²) in [6, 6.07) is 0.958. The molecule has 0 aromatic rings. The van der Waals surface area contributed by atoms with E-state index in [0.29, 0.717) is 18.0 Å². The molecule has 0 fully saturated rings. The fraction of sp³-hybridized carbons (Fsp3) is 0.917. The van der Waals surface area contributed by atoms with Crippen LogP contribution in [0.15, 0.2) is 4.99 Å². The maximum atomic E-state index is 5.37. The van der Waals surface area contributed by atoms with Gasteiger partial charge >= 0.3 is 0 Å². The van der Waals surface area contributed by atoms with Gasteiger partial charge in [0.2, 0.25) is 5.96 Å². The Morgan fingerprint density at radius 1 is 1.24 bits per heavy atom. The molecule has 0 aliphatic heterocycles. The molecular formula is C12H29N5. The molecule has 0 saturated heterocycles. The molecule has 0 amide bonds. The molecule has 0 bridgehead atoms. The third kappa shape index (κ3) is 8.94. The molecule has 0 saturated carbocycles. The average Bonchev–Trinajstić information content (AvgIpc) is 2.25. The van der Waals surface area contributed by atoms with Crippen LogP contribution in [-0.4, -0.2) is 43.1 Å². The van der Waals surface area contributed by atoms with Crippen LogP contribution in [0.2, 0.25) is 0 Å². The molecular weight excluding hydrogens is 214 g/mol.